The molecule has 1 aromatic heterocycles. The maximum atomic E-state index is 12.4. The van der Waals surface area contributed by atoms with Gasteiger partial charge in [-0.15, -0.1) is 0 Å². The van der Waals surface area contributed by atoms with Gasteiger partial charge in [0.05, 0.1) is 25.1 Å². The highest BCUT2D eigenvalue weighted by molar-refractivity contribution is 5.96. The van der Waals surface area contributed by atoms with E-state index in [4.69, 9.17) is 0 Å². The predicted octanol–water partition coefficient (Wildman–Crippen LogP) is 3.25. The second-order valence-electron chi connectivity index (χ2n) is 5.64. The highest BCUT2D eigenvalue weighted by Crippen LogP contribution is 2.15. The van der Waals surface area contributed by atoms with Crippen LogP contribution in [0.3, 0.4) is 0 Å². The fourth-order valence-corrected chi connectivity index (χ4v) is 2.45. The number of nitrogens with zero attached hydrogens (tertiary/aromatic N) is 2. The molecule has 0 aliphatic carbocycles. The van der Waals surface area contributed by atoms with Crippen molar-refractivity contribution in [3.8, 4) is 0 Å². The molecule has 0 fully saturated rings. The molecule has 0 atom stereocenters. The smallest absolute Gasteiger partial charge is 0.291 e. The van der Waals surface area contributed by atoms with Gasteiger partial charge in [0.1, 0.15) is 6.54 Å². The number of rotatable bonds is 5. The molecule has 4 heteroatoms. The van der Waals surface area contributed by atoms with E-state index in [0.29, 0.717) is 6.54 Å². The third kappa shape index (κ3) is 3.48. The largest absolute Gasteiger partial charge is 0.362 e. The molecule has 0 radical (unpaired) electrons. The van der Waals surface area contributed by atoms with Gasteiger partial charge in [-0.25, -0.2) is 14.5 Å². The van der Waals surface area contributed by atoms with Crippen molar-refractivity contribution in [1.82, 2.24) is 4.57 Å². The average Bonchev–Trinajstić information content (AvgIpc) is 2.91. The van der Waals surface area contributed by atoms with E-state index in [9.17, 15) is 4.79 Å². The van der Waals surface area contributed by atoms with Gasteiger partial charge in [0, 0.05) is 5.56 Å². The summed E-state index contributed by atoms with van der Waals surface area (Å²) in [5.74, 6) is 0.965. The summed E-state index contributed by atoms with van der Waals surface area (Å²) in [6.07, 6.45) is 3.85. The molecule has 3 aromatic rings. The zero-order valence-electron chi connectivity index (χ0n) is 13.4. The van der Waals surface area contributed by atoms with E-state index in [1.54, 1.807) is 0 Å². The molecule has 1 heterocycles. The first-order valence-electron chi connectivity index (χ1n) is 7.60. The molecule has 0 saturated heterocycles. The Morgan fingerprint density at radius 1 is 1.09 bits per heavy atom. The van der Waals surface area contributed by atoms with Gasteiger partial charge in [0.25, 0.3) is 0 Å². The molecule has 23 heavy (non-hydrogen) atoms. The number of hydrogen-bond acceptors (Lipinski definition) is 2. The van der Waals surface area contributed by atoms with E-state index in [0.717, 1.165) is 17.2 Å². The minimum Gasteiger partial charge on any atom is -0.291 e. The zero-order chi connectivity index (χ0) is 16.2. The lowest BCUT2D eigenvalue weighted by Gasteiger charge is -2.05. The number of imidazole rings is 1. The molecule has 4 nitrogen and oxygen atoms in total. The third-order valence-electron chi connectivity index (χ3n) is 3.79. The lowest BCUT2D eigenvalue weighted by molar-refractivity contribution is -0.656. The Bertz CT molecular complexity index is 804. The number of hydrogen-bond donors (Lipinski definition) is 1. The Labute approximate surface area is 136 Å². The van der Waals surface area contributed by atoms with Gasteiger partial charge in [-0.05, 0) is 19.1 Å². The fraction of sp³-hybridized carbons (Fsp3) is 0.158. The second-order valence-corrected chi connectivity index (χ2v) is 5.64. The Balaban J connectivity index is 1.81. The highest BCUT2D eigenvalue weighted by Gasteiger charge is 2.17. The molecule has 0 aliphatic heterocycles. The van der Waals surface area contributed by atoms with Crippen LogP contribution in [0.5, 0.6) is 0 Å². The number of aryl methyl sites for hydroxylation is 2. The van der Waals surface area contributed by atoms with Gasteiger partial charge in [0.15, 0.2) is 5.78 Å². The number of aromatic nitrogens is 2. The van der Waals surface area contributed by atoms with E-state index in [2.05, 4.69) is 24.4 Å². The van der Waals surface area contributed by atoms with Crippen LogP contribution in [0, 0.1) is 6.92 Å². The first kappa shape index (κ1) is 15.0. The molecule has 116 valence electrons. The molecule has 0 unspecified atom stereocenters. The van der Waals surface area contributed by atoms with Crippen molar-refractivity contribution in [2.24, 2.45) is 7.05 Å². The van der Waals surface area contributed by atoms with Crippen LogP contribution in [-0.4, -0.2) is 10.4 Å². The van der Waals surface area contributed by atoms with Crippen LogP contribution in [0.4, 0.5) is 11.6 Å². The van der Waals surface area contributed by atoms with E-state index in [1.165, 1.54) is 5.56 Å². The van der Waals surface area contributed by atoms with Crippen molar-refractivity contribution in [1.29, 1.82) is 0 Å². The number of ketones is 1. The van der Waals surface area contributed by atoms with Crippen LogP contribution in [-0.2, 0) is 13.6 Å². The quantitative estimate of drug-likeness (QED) is 0.580. The van der Waals surface area contributed by atoms with Crippen molar-refractivity contribution in [2.45, 2.75) is 13.5 Å². The number of nitrogens with one attached hydrogen (secondary N) is 1. The number of benzene rings is 2. The Kier molecular flexibility index (Phi) is 4.24. The maximum absolute atomic E-state index is 12.4. The molecule has 0 bridgehead atoms. The van der Waals surface area contributed by atoms with Crippen molar-refractivity contribution in [2.75, 3.05) is 5.32 Å². The molecule has 0 amide bonds. The number of carbonyl (C=O) groups excluding carboxylic acids is 1. The summed E-state index contributed by atoms with van der Waals surface area (Å²) in [7, 11) is 1.96. The van der Waals surface area contributed by atoms with Crippen molar-refractivity contribution < 1.29 is 9.36 Å². The average molecular weight is 306 g/mol. The van der Waals surface area contributed by atoms with Crippen LogP contribution in [0.1, 0.15) is 15.9 Å². The molecule has 1 N–H and O–H groups in total. The van der Waals surface area contributed by atoms with Crippen LogP contribution >= 0.6 is 0 Å². The van der Waals surface area contributed by atoms with Crippen LogP contribution < -0.4 is 9.88 Å². The molecular formula is C19H20N3O+. The number of Topliss-reactive ketones (excluding diaryl/α,β-unsaturated/α-hetero) is 1. The molecule has 0 saturated carbocycles. The standard InChI is InChI=1S/C19H19N3O/c1-15-8-10-17(11-9-15)20-19-21(2)12-13-22(19)14-18(23)16-6-4-3-5-7-16/h3-13H,14H2,1-2H3/p+1. The first-order valence-corrected chi connectivity index (χ1v) is 7.60. The maximum Gasteiger partial charge on any atom is 0.362 e. The lowest BCUT2D eigenvalue weighted by Crippen LogP contribution is -2.30. The minimum atomic E-state index is 0.0914. The van der Waals surface area contributed by atoms with Gasteiger partial charge in [-0.3, -0.25) is 4.79 Å². The summed E-state index contributed by atoms with van der Waals surface area (Å²) in [6, 6.07) is 17.6. The summed E-state index contributed by atoms with van der Waals surface area (Å²) in [5, 5.41) is 3.38. The van der Waals surface area contributed by atoms with E-state index < -0.39 is 0 Å². The summed E-state index contributed by atoms with van der Waals surface area (Å²) < 4.78 is 3.90. The van der Waals surface area contributed by atoms with E-state index in [1.807, 2.05) is 71.0 Å². The summed E-state index contributed by atoms with van der Waals surface area (Å²) >= 11 is 0. The number of anilines is 2. The van der Waals surface area contributed by atoms with Gasteiger partial charge in [-0.2, -0.15) is 0 Å². The van der Waals surface area contributed by atoms with Crippen LogP contribution in [0.15, 0.2) is 67.0 Å². The first-order chi connectivity index (χ1) is 11.1. The SMILES string of the molecule is Cc1ccc(Nc2n(CC(=O)c3ccccc3)cc[n+]2C)cc1. The van der Waals surface area contributed by atoms with Gasteiger partial charge in [0.2, 0.25) is 0 Å². The number of carbonyl (C=O) groups is 1. The molecule has 2 aromatic carbocycles. The second kappa shape index (κ2) is 6.48. The molecule has 0 aliphatic rings. The molecular weight excluding hydrogens is 286 g/mol. The fourth-order valence-electron chi connectivity index (χ4n) is 2.45. The summed E-state index contributed by atoms with van der Waals surface area (Å²) in [5.41, 5.74) is 2.94. The van der Waals surface area contributed by atoms with Crippen molar-refractivity contribution in [3.05, 3.63) is 78.1 Å². The highest BCUT2D eigenvalue weighted by atomic mass is 16.1. The third-order valence-corrected chi connectivity index (χ3v) is 3.79. The molecule has 3 rings (SSSR count). The Morgan fingerprint density at radius 2 is 1.78 bits per heavy atom. The monoisotopic (exact) mass is 306 g/mol. The summed E-state index contributed by atoms with van der Waals surface area (Å²) in [4.78, 5) is 12.4. The van der Waals surface area contributed by atoms with Crippen LogP contribution in [0.2, 0.25) is 0 Å². The van der Waals surface area contributed by atoms with Crippen molar-refractivity contribution in [3.63, 3.8) is 0 Å². The van der Waals surface area contributed by atoms with Gasteiger partial charge < -0.3 is 0 Å². The van der Waals surface area contributed by atoms with E-state index >= 15 is 0 Å². The predicted molar refractivity (Wildman–Crippen MR) is 90.8 cm³/mol. The Hall–Kier alpha value is -2.88. The van der Waals surface area contributed by atoms with Crippen molar-refractivity contribution >= 4 is 17.4 Å². The minimum absolute atomic E-state index is 0.0914. The summed E-state index contributed by atoms with van der Waals surface area (Å²) in [6.45, 7) is 2.37. The zero-order valence-corrected chi connectivity index (χ0v) is 13.4. The topological polar surface area (TPSA) is 37.9 Å². The molecule has 0 spiro atoms. The van der Waals surface area contributed by atoms with Gasteiger partial charge >= 0.3 is 5.95 Å². The Morgan fingerprint density at radius 3 is 2.48 bits per heavy atom. The lowest BCUT2D eigenvalue weighted by atomic mass is 10.1. The van der Waals surface area contributed by atoms with Crippen LogP contribution in [0.25, 0.3) is 0 Å². The normalized spacial score (nSPS) is 10.5. The van der Waals surface area contributed by atoms with E-state index in [-0.39, 0.29) is 5.78 Å². The van der Waals surface area contributed by atoms with Gasteiger partial charge in [-0.1, -0.05) is 48.0 Å².